The summed E-state index contributed by atoms with van der Waals surface area (Å²) in [4.78, 5) is 12.1. The van der Waals surface area contributed by atoms with Crippen molar-refractivity contribution in [2.75, 3.05) is 6.61 Å². The minimum Gasteiger partial charge on any atom is -0.445 e. The summed E-state index contributed by atoms with van der Waals surface area (Å²) in [6.45, 7) is 8.04. The van der Waals surface area contributed by atoms with Crippen molar-refractivity contribution < 1.29 is 18.6 Å². The fraction of sp³-hybridized carbons (Fsp3) is 0.471. The summed E-state index contributed by atoms with van der Waals surface area (Å²) in [5, 5.41) is 2.89. The van der Waals surface area contributed by atoms with Gasteiger partial charge in [-0.05, 0) is 18.9 Å². The second-order valence-electron chi connectivity index (χ2n) is 5.75. The molecule has 0 aliphatic heterocycles. The van der Waals surface area contributed by atoms with Gasteiger partial charge in [-0.15, -0.1) is 6.58 Å². The Morgan fingerprint density at radius 1 is 1.52 bits per heavy atom. The highest BCUT2D eigenvalue weighted by Gasteiger charge is 2.59. The molecule has 5 nitrogen and oxygen atoms in total. The van der Waals surface area contributed by atoms with Gasteiger partial charge in [0.15, 0.2) is 8.03 Å². The normalized spacial score (nSPS) is 25.2. The Morgan fingerprint density at radius 2 is 2.22 bits per heavy atom. The Kier molecular flexibility index (Phi) is 6.03. The van der Waals surface area contributed by atoms with Gasteiger partial charge in [-0.25, -0.2) is 4.79 Å². The predicted octanol–water partition coefficient (Wildman–Crippen LogP) is 3.76. The van der Waals surface area contributed by atoms with Crippen LogP contribution in [0.1, 0.15) is 25.8 Å². The molecule has 1 N–H and O–H groups in total. The largest absolute Gasteiger partial charge is 0.445 e. The fourth-order valence-electron chi connectivity index (χ4n) is 2.78. The zero-order valence-electron chi connectivity index (χ0n) is 13.6. The number of ether oxygens (including phenoxy) is 1. The van der Waals surface area contributed by atoms with E-state index in [1.807, 2.05) is 37.3 Å². The van der Waals surface area contributed by atoms with Crippen LogP contribution < -0.4 is 5.32 Å². The minimum atomic E-state index is -2.23. The van der Waals surface area contributed by atoms with Crippen molar-refractivity contribution in [3.8, 4) is 0 Å². The van der Waals surface area contributed by atoms with Gasteiger partial charge < -0.3 is 14.6 Å². The molecule has 2 rings (SSSR count). The summed E-state index contributed by atoms with van der Waals surface area (Å²) in [6, 6.07) is 9.48. The molecule has 4 atom stereocenters. The number of carbonyl (C=O) groups excluding carboxylic acids is 1. The van der Waals surface area contributed by atoms with E-state index in [9.17, 15) is 9.36 Å². The van der Waals surface area contributed by atoms with Crippen LogP contribution >= 0.6 is 8.03 Å². The Balaban J connectivity index is 1.95. The van der Waals surface area contributed by atoms with Crippen molar-refractivity contribution in [1.29, 1.82) is 0 Å². The van der Waals surface area contributed by atoms with Crippen LogP contribution in [-0.2, 0) is 20.4 Å². The quantitative estimate of drug-likeness (QED) is 0.579. The van der Waals surface area contributed by atoms with Gasteiger partial charge in [0.25, 0.3) is 0 Å². The van der Waals surface area contributed by atoms with Crippen LogP contribution in [0.5, 0.6) is 0 Å². The molecule has 1 aliphatic carbocycles. The van der Waals surface area contributed by atoms with Crippen LogP contribution in [0.2, 0.25) is 0 Å². The number of benzene rings is 1. The topological polar surface area (TPSA) is 64.6 Å². The molecule has 0 heterocycles. The third-order valence-corrected chi connectivity index (χ3v) is 6.10. The number of amides is 1. The SMILES string of the molecule is C=CC1CC1(NC(=O)OCc1ccccc1)C(C)[PH](=O)OCC. The highest BCUT2D eigenvalue weighted by Crippen LogP contribution is 2.54. The van der Waals surface area contributed by atoms with E-state index in [0.717, 1.165) is 5.56 Å². The summed E-state index contributed by atoms with van der Waals surface area (Å²) in [5.74, 6) is 0.0937. The summed E-state index contributed by atoms with van der Waals surface area (Å²) in [7, 11) is -2.23. The highest BCUT2D eigenvalue weighted by atomic mass is 31.1. The number of hydrogen-bond acceptors (Lipinski definition) is 4. The maximum atomic E-state index is 12.2. The molecule has 0 bridgehead atoms. The maximum absolute atomic E-state index is 12.2. The lowest BCUT2D eigenvalue weighted by molar-refractivity contribution is 0.133. The van der Waals surface area contributed by atoms with Gasteiger partial charge in [0.2, 0.25) is 0 Å². The first-order valence-corrected chi connectivity index (χ1v) is 9.21. The zero-order chi connectivity index (χ0) is 16.9. The van der Waals surface area contributed by atoms with E-state index in [-0.39, 0.29) is 18.2 Å². The minimum absolute atomic E-state index is 0.0937. The van der Waals surface area contributed by atoms with Crippen molar-refractivity contribution >= 4 is 14.1 Å². The van der Waals surface area contributed by atoms with Crippen LogP contribution in [0.3, 0.4) is 0 Å². The van der Waals surface area contributed by atoms with E-state index >= 15 is 0 Å². The molecule has 0 aromatic heterocycles. The molecule has 6 heteroatoms. The van der Waals surface area contributed by atoms with Crippen LogP contribution in [0, 0.1) is 5.92 Å². The smallest absolute Gasteiger partial charge is 0.407 e. The lowest BCUT2D eigenvalue weighted by Crippen LogP contribution is -2.45. The van der Waals surface area contributed by atoms with Crippen LogP contribution in [0.4, 0.5) is 4.79 Å². The molecule has 1 saturated carbocycles. The van der Waals surface area contributed by atoms with Crippen LogP contribution in [-0.4, -0.2) is 23.9 Å². The average molecular weight is 337 g/mol. The van der Waals surface area contributed by atoms with Gasteiger partial charge in [-0.3, -0.25) is 4.57 Å². The maximum Gasteiger partial charge on any atom is 0.407 e. The fourth-order valence-corrected chi connectivity index (χ4v) is 4.13. The van der Waals surface area contributed by atoms with Crippen molar-refractivity contribution in [2.24, 2.45) is 5.92 Å². The molecule has 0 spiro atoms. The summed E-state index contributed by atoms with van der Waals surface area (Å²) in [5.41, 5.74) is 0.0872. The molecule has 4 unspecified atom stereocenters. The van der Waals surface area contributed by atoms with Gasteiger partial charge in [-0.2, -0.15) is 0 Å². The molecule has 1 aromatic carbocycles. The molecule has 126 valence electrons. The zero-order valence-corrected chi connectivity index (χ0v) is 14.6. The first-order valence-electron chi connectivity index (χ1n) is 7.81. The number of carbonyl (C=O) groups is 1. The van der Waals surface area contributed by atoms with Crippen molar-refractivity contribution in [2.45, 2.75) is 38.1 Å². The van der Waals surface area contributed by atoms with Gasteiger partial charge in [0.1, 0.15) is 6.61 Å². The Hall–Kier alpha value is -1.58. The van der Waals surface area contributed by atoms with E-state index in [1.54, 1.807) is 13.0 Å². The average Bonchev–Trinajstić information content (AvgIpc) is 3.27. The van der Waals surface area contributed by atoms with Crippen molar-refractivity contribution in [1.82, 2.24) is 5.32 Å². The third-order valence-electron chi connectivity index (χ3n) is 4.30. The van der Waals surface area contributed by atoms with E-state index in [1.165, 1.54) is 0 Å². The van der Waals surface area contributed by atoms with Crippen molar-refractivity contribution in [3.63, 3.8) is 0 Å². The van der Waals surface area contributed by atoms with Crippen LogP contribution in [0.15, 0.2) is 43.0 Å². The lowest BCUT2D eigenvalue weighted by atomic mass is 10.1. The molecule has 1 amide bonds. The summed E-state index contributed by atoms with van der Waals surface area (Å²) in [6.07, 6.45) is 1.99. The second-order valence-corrected chi connectivity index (χ2v) is 7.54. The molecule has 1 fully saturated rings. The van der Waals surface area contributed by atoms with Gasteiger partial charge >= 0.3 is 6.09 Å². The van der Waals surface area contributed by atoms with E-state index in [0.29, 0.717) is 13.0 Å². The Morgan fingerprint density at radius 3 is 2.78 bits per heavy atom. The van der Waals surface area contributed by atoms with Gasteiger partial charge in [0, 0.05) is 5.92 Å². The monoisotopic (exact) mass is 337 g/mol. The molecule has 1 aliphatic rings. The molecule has 1 aromatic rings. The number of hydrogen-bond donors (Lipinski definition) is 1. The first-order chi connectivity index (χ1) is 11.0. The van der Waals surface area contributed by atoms with Gasteiger partial charge in [0.05, 0.1) is 17.8 Å². The van der Waals surface area contributed by atoms with Crippen LogP contribution in [0.25, 0.3) is 0 Å². The lowest BCUT2D eigenvalue weighted by Gasteiger charge is -2.25. The predicted molar refractivity (Wildman–Crippen MR) is 90.9 cm³/mol. The molecular weight excluding hydrogens is 313 g/mol. The standard InChI is InChI=1S/C17H24NO4P/c1-4-15-11-17(15,13(3)23(20)22-5-2)18-16(19)21-12-14-9-7-6-8-10-14/h4,6-10,13,15,23H,1,5,11-12H2,2-3H3,(H,18,19). The second kappa shape index (κ2) is 7.80. The Bertz CT molecular complexity index is 577. The third kappa shape index (κ3) is 4.24. The van der Waals surface area contributed by atoms with Gasteiger partial charge in [-0.1, -0.05) is 43.3 Å². The molecule has 0 saturated heterocycles. The van der Waals surface area contributed by atoms with E-state index in [2.05, 4.69) is 11.9 Å². The summed E-state index contributed by atoms with van der Waals surface area (Å²) < 4.78 is 22.7. The number of nitrogens with one attached hydrogen (secondary N) is 1. The molecular formula is C17H24NO4P. The van der Waals surface area contributed by atoms with Crippen molar-refractivity contribution in [3.05, 3.63) is 48.6 Å². The van der Waals surface area contributed by atoms with E-state index in [4.69, 9.17) is 9.26 Å². The first kappa shape index (κ1) is 17.8. The molecule has 23 heavy (non-hydrogen) atoms. The van der Waals surface area contributed by atoms with E-state index < -0.39 is 19.7 Å². The highest BCUT2D eigenvalue weighted by molar-refractivity contribution is 7.40. The Labute approximate surface area is 137 Å². The molecule has 0 radical (unpaired) electrons. The summed E-state index contributed by atoms with van der Waals surface area (Å²) >= 11 is 0. The number of rotatable bonds is 8. The number of alkyl carbamates (subject to hydrolysis) is 1.